The van der Waals surface area contributed by atoms with Crippen LogP contribution in [0.25, 0.3) is 16.3 Å². The molecule has 0 fully saturated rings. The molecular weight excluding hydrogens is 308 g/mol. The van der Waals surface area contributed by atoms with Gasteiger partial charge in [0.05, 0.1) is 22.5 Å². The van der Waals surface area contributed by atoms with Crippen LogP contribution in [-0.4, -0.2) is 20.7 Å². The molecule has 3 aromatic rings. The van der Waals surface area contributed by atoms with Gasteiger partial charge in [0, 0.05) is 24.4 Å². The van der Waals surface area contributed by atoms with Crippen molar-refractivity contribution in [1.82, 2.24) is 20.1 Å². The third kappa shape index (κ3) is 3.32. The maximum absolute atomic E-state index is 12.0. The molecule has 0 saturated heterocycles. The predicted octanol–water partition coefficient (Wildman–Crippen LogP) is 2.98. The lowest BCUT2D eigenvalue weighted by atomic mass is 10.2. The average Bonchev–Trinajstić information content (AvgIpc) is 3.05. The Labute approximate surface area is 138 Å². The van der Waals surface area contributed by atoms with Crippen molar-refractivity contribution in [2.75, 3.05) is 0 Å². The van der Waals surface area contributed by atoms with Crippen LogP contribution in [0.1, 0.15) is 22.0 Å². The Bertz CT molecular complexity index is 858. The van der Waals surface area contributed by atoms with Crippen LogP contribution >= 0.6 is 11.3 Å². The standard InChI is InChI=1S/C17H18N4OS/c1-11-13(12(2)21(3)20-11)8-9-16(22)18-10-17-19-14-6-4-5-7-15(14)23-17/h4-9H,10H2,1-3H3,(H,18,22). The Morgan fingerprint density at radius 2 is 2.13 bits per heavy atom. The monoisotopic (exact) mass is 326 g/mol. The molecule has 23 heavy (non-hydrogen) atoms. The van der Waals surface area contributed by atoms with Gasteiger partial charge in [-0.2, -0.15) is 5.10 Å². The van der Waals surface area contributed by atoms with Crippen molar-refractivity contribution in [2.24, 2.45) is 7.05 Å². The molecule has 2 aromatic heterocycles. The minimum Gasteiger partial charge on any atom is -0.346 e. The third-order valence-corrected chi connectivity index (χ3v) is 4.75. The molecule has 1 aromatic carbocycles. The molecular formula is C17H18N4OS. The van der Waals surface area contributed by atoms with E-state index in [-0.39, 0.29) is 5.91 Å². The first-order valence-corrected chi connectivity index (χ1v) is 8.17. The molecule has 5 nitrogen and oxygen atoms in total. The highest BCUT2D eigenvalue weighted by atomic mass is 32.1. The van der Waals surface area contributed by atoms with Gasteiger partial charge in [-0.3, -0.25) is 9.48 Å². The van der Waals surface area contributed by atoms with Crippen LogP contribution in [0.15, 0.2) is 30.3 Å². The number of hydrogen-bond acceptors (Lipinski definition) is 4. The van der Waals surface area contributed by atoms with Crippen LogP contribution in [0.3, 0.4) is 0 Å². The molecule has 0 atom stereocenters. The molecule has 1 amide bonds. The largest absolute Gasteiger partial charge is 0.346 e. The zero-order valence-electron chi connectivity index (χ0n) is 13.3. The van der Waals surface area contributed by atoms with Crippen molar-refractivity contribution in [3.8, 4) is 0 Å². The van der Waals surface area contributed by atoms with Crippen LogP contribution < -0.4 is 5.32 Å². The minimum atomic E-state index is -0.132. The van der Waals surface area contributed by atoms with E-state index < -0.39 is 0 Å². The fraction of sp³-hybridized carbons (Fsp3) is 0.235. The van der Waals surface area contributed by atoms with Gasteiger partial charge in [-0.05, 0) is 32.1 Å². The van der Waals surface area contributed by atoms with Crippen LogP contribution in [0.4, 0.5) is 0 Å². The highest BCUT2D eigenvalue weighted by molar-refractivity contribution is 7.18. The summed E-state index contributed by atoms with van der Waals surface area (Å²) in [6.45, 7) is 4.36. The number of rotatable bonds is 4. The number of carbonyl (C=O) groups excluding carboxylic acids is 1. The van der Waals surface area contributed by atoms with E-state index in [9.17, 15) is 4.79 Å². The number of aromatic nitrogens is 3. The minimum absolute atomic E-state index is 0.132. The van der Waals surface area contributed by atoms with Crippen LogP contribution in [0.2, 0.25) is 0 Å². The quantitative estimate of drug-likeness (QED) is 0.750. The summed E-state index contributed by atoms with van der Waals surface area (Å²) in [6.07, 6.45) is 3.36. The lowest BCUT2D eigenvalue weighted by Gasteiger charge is -1.98. The third-order valence-electron chi connectivity index (χ3n) is 3.72. The Kier molecular flexibility index (Phi) is 4.25. The predicted molar refractivity (Wildman–Crippen MR) is 93.2 cm³/mol. The lowest BCUT2D eigenvalue weighted by molar-refractivity contribution is -0.116. The first kappa shape index (κ1) is 15.4. The fourth-order valence-corrected chi connectivity index (χ4v) is 3.31. The molecule has 6 heteroatoms. The molecule has 0 spiro atoms. The number of carbonyl (C=O) groups is 1. The number of aryl methyl sites for hydroxylation is 2. The number of fused-ring (bicyclic) bond motifs is 1. The summed E-state index contributed by atoms with van der Waals surface area (Å²) in [5.74, 6) is -0.132. The Morgan fingerprint density at radius 1 is 1.35 bits per heavy atom. The number of amides is 1. The normalized spacial score (nSPS) is 11.4. The highest BCUT2D eigenvalue weighted by Gasteiger charge is 2.07. The second-order valence-electron chi connectivity index (χ2n) is 5.33. The van der Waals surface area contributed by atoms with E-state index in [0.29, 0.717) is 6.54 Å². The molecule has 0 radical (unpaired) electrons. The second kappa shape index (κ2) is 6.34. The molecule has 0 bridgehead atoms. The number of nitrogens with one attached hydrogen (secondary N) is 1. The molecule has 2 heterocycles. The maximum Gasteiger partial charge on any atom is 0.244 e. The van der Waals surface area contributed by atoms with Crippen molar-refractivity contribution in [3.63, 3.8) is 0 Å². The molecule has 118 valence electrons. The van der Waals surface area contributed by atoms with Gasteiger partial charge in [0.25, 0.3) is 0 Å². The summed E-state index contributed by atoms with van der Waals surface area (Å²) < 4.78 is 2.95. The number of thiazole rings is 1. The van der Waals surface area contributed by atoms with Gasteiger partial charge >= 0.3 is 0 Å². The topological polar surface area (TPSA) is 59.8 Å². The van der Waals surface area contributed by atoms with Gasteiger partial charge in [0.2, 0.25) is 5.91 Å². The summed E-state index contributed by atoms with van der Waals surface area (Å²) in [6, 6.07) is 7.97. The van der Waals surface area contributed by atoms with Crippen LogP contribution in [0.5, 0.6) is 0 Å². The number of benzene rings is 1. The maximum atomic E-state index is 12.0. The Balaban J connectivity index is 1.64. The van der Waals surface area contributed by atoms with E-state index in [0.717, 1.165) is 32.2 Å². The Morgan fingerprint density at radius 3 is 2.83 bits per heavy atom. The average molecular weight is 326 g/mol. The molecule has 0 unspecified atom stereocenters. The number of para-hydroxylation sites is 1. The van der Waals surface area contributed by atoms with E-state index in [1.54, 1.807) is 17.4 Å². The first-order valence-electron chi connectivity index (χ1n) is 7.35. The van der Waals surface area contributed by atoms with E-state index >= 15 is 0 Å². The van der Waals surface area contributed by atoms with Gasteiger partial charge in [-0.1, -0.05) is 12.1 Å². The zero-order valence-corrected chi connectivity index (χ0v) is 14.1. The van der Waals surface area contributed by atoms with Gasteiger partial charge in [0.15, 0.2) is 0 Å². The van der Waals surface area contributed by atoms with E-state index in [1.807, 2.05) is 55.9 Å². The van der Waals surface area contributed by atoms with Gasteiger partial charge in [-0.25, -0.2) is 4.98 Å². The van der Waals surface area contributed by atoms with E-state index in [4.69, 9.17) is 0 Å². The fourth-order valence-electron chi connectivity index (χ4n) is 2.41. The molecule has 0 aliphatic heterocycles. The van der Waals surface area contributed by atoms with Crippen LogP contribution in [-0.2, 0) is 18.4 Å². The summed E-state index contributed by atoms with van der Waals surface area (Å²) >= 11 is 1.60. The van der Waals surface area contributed by atoms with Crippen molar-refractivity contribution >= 4 is 33.5 Å². The van der Waals surface area contributed by atoms with Crippen molar-refractivity contribution < 1.29 is 4.79 Å². The molecule has 0 aliphatic rings. The number of hydrogen-bond donors (Lipinski definition) is 1. The van der Waals surface area contributed by atoms with Gasteiger partial charge in [0.1, 0.15) is 5.01 Å². The lowest BCUT2D eigenvalue weighted by Crippen LogP contribution is -2.20. The molecule has 3 rings (SSSR count). The summed E-state index contributed by atoms with van der Waals surface area (Å²) in [4.78, 5) is 16.5. The van der Waals surface area contributed by atoms with Gasteiger partial charge < -0.3 is 5.32 Å². The summed E-state index contributed by atoms with van der Waals surface area (Å²) in [5.41, 5.74) is 3.92. The summed E-state index contributed by atoms with van der Waals surface area (Å²) in [7, 11) is 1.90. The van der Waals surface area contributed by atoms with Crippen molar-refractivity contribution in [2.45, 2.75) is 20.4 Å². The number of nitrogens with zero attached hydrogens (tertiary/aromatic N) is 3. The molecule has 0 saturated carbocycles. The Hall–Kier alpha value is -2.47. The van der Waals surface area contributed by atoms with Crippen molar-refractivity contribution in [3.05, 3.63) is 52.3 Å². The van der Waals surface area contributed by atoms with Gasteiger partial charge in [-0.15, -0.1) is 11.3 Å². The second-order valence-corrected chi connectivity index (χ2v) is 6.45. The first-order chi connectivity index (χ1) is 11.0. The smallest absolute Gasteiger partial charge is 0.244 e. The van der Waals surface area contributed by atoms with E-state index in [2.05, 4.69) is 15.4 Å². The SMILES string of the molecule is Cc1nn(C)c(C)c1C=CC(=O)NCc1nc2ccccc2s1. The molecule has 0 aliphatic carbocycles. The highest BCUT2D eigenvalue weighted by Crippen LogP contribution is 2.21. The zero-order chi connectivity index (χ0) is 16.4. The van der Waals surface area contributed by atoms with Crippen LogP contribution in [0, 0.1) is 13.8 Å². The molecule has 1 N–H and O–H groups in total. The van der Waals surface area contributed by atoms with E-state index in [1.165, 1.54) is 0 Å². The summed E-state index contributed by atoms with van der Waals surface area (Å²) in [5, 5.41) is 8.11. The van der Waals surface area contributed by atoms with Crippen molar-refractivity contribution in [1.29, 1.82) is 0 Å².